The molecule has 0 atom stereocenters. The Morgan fingerprint density at radius 3 is 2.45 bits per heavy atom. The van der Waals surface area contributed by atoms with Crippen molar-refractivity contribution >= 4 is 23.2 Å². The molecule has 0 radical (unpaired) electrons. The van der Waals surface area contributed by atoms with Crippen LogP contribution in [0.4, 0.5) is 11.4 Å². The Hall–Kier alpha value is -3.02. The van der Waals surface area contributed by atoms with Gasteiger partial charge >= 0.3 is 0 Å². The second-order valence-electron chi connectivity index (χ2n) is 7.82. The van der Waals surface area contributed by atoms with Crippen LogP contribution in [-0.2, 0) is 16.0 Å². The molecule has 0 saturated carbocycles. The van der Waals surface area contributed by atoms with E-state index in [1.165, 1.54) is 19.3 Å². The quantitative estimate of drug-likeness (QED) is 0.456. The SMILES string of the molecule is CCCCCCOc1ccc(NC(=O)CNc2cccc(CCC(=O)N(C)C)c2)cc1. The Bertz CT molecular complexity index is 819. The van der Waals surface area contributed by atoms with Gasteiger partial charge in [-0.2, -0.15) is 0 Å². The minimum atomic E-state index is -0.124. The zero-order valence-electron chi connectivity index (χ0n) is 18.9. The molecule has 0 aliphatic carbocycles. The van der Waals surface area contributed by atoms with Crippen molar-refractivity contribution in [3.8, 4) is 5.75 Å². The highest BCUT2D eigenvalue weighted by Crippen LogP contribution is 2.17. The number of nitrogens with zero attached hydrogens (tertiary/aromatic N) is 1. The molecule has 31 heavy (non-hydrogen) atoms. The van der Waals surface area contributed by atoms with E-state index in [0.717, 1.165) is 35.7 Å². The normalized spacial score (nSPS) is 10.4. The van der Waals surface area contributed by atoms with Crippen LogP contribution in [0.2, 0.25) is 0 Å². The van der Waals surface area contributed by atoms with Crippen molar-refractivity contribution in [3.05, 3.63) is 54.1 Å². The van der Waals surface area contributed by atoms with Crippen molar-refractivity contribution in [1.29, 1.82) is 0 Å². The van der Waals surface area contributed by atoms with Crippen LogP contribution in [0.15, 0.2) is 48.5 Å². The highest BCUT2D eigenvalue weighted by atomic mass is 16.5. The molecular weight excluding hydrogens is 390 g/mol. The number of aryl methyl sites for hydroxylation is 1. The van der Waals surface area contributed by atoms with Crippen molar-refractivity contribution in [2.75, 3.05) is 37.9 Å². The summed E-state index contributed by atoms with van der Waals surface area (Å²) in [4.78, 5) is 25.6. The minimum absolute atomic E-state index is 0.102. The molecule has 2 N–H and O–H groups in total. The summed E-state index contributed by atoms with van der Waals surface area (Å²) in [5.74, 6) is 0.796. The zero-order valence-corrected chi connectivity index (χ0v) is 18.9. The van der Waals surface area contributed by atoms with Crippen molar-refractivity contribution in [1.82, 2.24) is 4.90 Å². The van der Waals surface area contributed by atoms with Crippen LogP contribution < -0.4 is 15.4 Å². The summed E-state index contributed by atoms with van der Waals surface area (Å²) in [5, 5.41) is 6.02. The standard InChI is InChI=1S/C25H35N3O3/c1-4-5-6-7-17-31-23-14-12-21(13-15-23)27-24(29)19-26-22-10-8-9-20(18-22)11-16-25(30)28(2)3/h8-10,12-15,18,26H,4-7,11,16-17,19H2,1-3H3,(H,27,29). The van der Waals surface area contributed by atoms with E-state index >= 15 is 0 Å². The molecular formula is C25H35N3O3. The van der Waals surface area contributed by atoms with Gasteiger partial charge < -0.3 is 20.3 Å². The molecule has 0 fully saturated rings. The molecule has 0 saturated heterocycles. The number of hydrogen-bond acceptors (Lipinski definition) is 4. The fourth-order valence-electron chi connectivity index (χ4n) is 3.05. The number of carbonyl (C=O) groups excluding carboxylic acids is 2. The first-order chi connectivity index (χ1) is 15.0. The monoisotopic (exact) mass is 425 g/mol. The number of amides is 2. The van der Waals surface area contributed by atoms with Crippen molar-refractivity contribution < 1.29 is 14.3 Å². The van der Waals surface area contributed by atoms with Gasteiger partial charge in [0.15, 0.2) is 0 Å². The van der Waals surface area contributed by atoms with Crippen LogP contribution in [-0.4, -0.2) is 44.0 Å². The molecule has 0 spiro atoms. The summed E-state index contributed by atoms with van der Waals surface area (Å²) in [5.41, 5.74) is 2.66. The second kappa shape index (κ2) is 13.3. The summed E-state index contributed by atoms with van der Waals surface area (Å²) in [6, 6.07) is 15.3. The largest absolute Gasteiger partial charge is 0.494 e. The number of nitrogens with one attached hydrogen (secondary N) is 2. The average molecular weight is 426 g/mol. The van der Waals surface area contributed by atoms with Gasteiger partial charge in [-0.25, -0.2) is 0 Å². The Morgan fingerprint density at radius 2 is 1.74 bits per heavy atom. The first kappa shape index (κ1) is 24.3. The summed E-state index contributed by atoms with van der Waals surface area (Å²) >= 11 is 0. The van der Waals surface area contributed by atoms with Gasteiger partial charge in [-0.15, -0.1) is 0 Å². The van der Waals surface area contributed by atoms with Crippen LogP contribution in [0.1, 0.15) is 44.6 Å². The molecule has 0 aliphatic heterocycles. The highest BCUT2D eigenvalue weighted by molar-refractivity contribution is 5.93. The maximum atomic E-state index is 12.3. The van der Waals surface area contributed by atoms with Crippen LogP contribution in [0, 0.1) is 0 Å². The van der Waals surface area contributed by atoms with Crippen LogP contribution in [0.25, 0.3) is 0 Å². The van der Waals surface area contributed by atoms with Gasteiger partial charge in [0.05, 0.1) is 13.2 Å². The number of ether oxygens (including phenoxy) is 1. The number of anilines is 2. The third-order valence-corrected chi connectivity index (χ3v) is 4.91. The van der Waals surface area contributed by atoms with Crippen molar-refractivity contribution in [2.24, 2.45) is 0 Å². The van der Waals surface area contributed by atoms with E-state index in [9.17, 15) is 9.59 Å². The number of rotatable bonds is 13. The lowest BCUT2D eigenvalue weighted by atomic mass is 10.1. The highest BCUT2D eigenvalue weighted by Gasteiger charge is 2.06. The molecule has 2 aromatic carbocycles. The lowest BCUT2D eigenvalue weighted by Crippen LogP contribution is -2.22. The maximum Gasteiger partial charge on any atom is 0.243 e. The molecule has 6 nitrogen and oxygen atoms in total. The summed E-state index contributed by atoms with van der Waals surface area (Å²) in [6.07, 6.45) is 5.84. The summed E-state index contributed by atoms with van der Waals surface area (Å²) in [6.45, 7) is 3.07. The minimum Gasteiger partial charge on any atom is -0.494 e. The number of benzene rings is 2. The van der Waals surface area contributed by atoms with E-state index in [1.54, 1.807) is 19.0 Å². The molecule has 6 heteroatoms. The smallest absolute Gasteiger partial charge is 0.243 e. The summed E-state index contributed by atoms with van der Waals surface area (Å²) < 4.78 is 5.73. The lowest BCUT2D eigenvalue weighted by molar-refractivity contribution is -0.128. The molecule has 0 aromatic heterocycles. The van der Waals surface area contributed by atoms with Gasteiger partial charge in [0, 0.05) is 31.9 Å². The zero-order chi connectivity index (χ0) is 22.5. The average Bonchev–Trinajstić information content (AvgIpc) is 2.77. The Balaban J connectivity index is 1.74. The van der Waals surface area contributed by atoms with Crippen LogP contribution in [0.5, 0.6) is 5.75 Å². The van der Waals surface area contributed by atoms with Crippen molar-refractivity contribution in [2.45, 2.75) is 45.4 Å². The van der Waals surface area contributed by atoms with Gasteiger partial charge in [-0.05, 0) is 54.8 Å². The van der Waals surface area contributed by atoms with E-state index in [0.29, 0.717) is 12.8 Å². The molecule has 0 bridgehead atoms. The van der Waals surface area contributed by atoms with E-state index in [-0.39, 0.29) is 18.4 Å². The van der Waals surface area contributed by atoms with Gasteiger partial charge in [-0.3, -0.25) is 9.59 Å². The maximum absolute atomic E-state index is 12.3. The third kappa shape index (κ3) is 9.55. The van der Waals surface area contributed by atoms with E-state index in [2.05, 4.69) is 17.6 Å². The van der Waals surface area contributed by atoms with Crippen LogP contribution in [0.3, 0.4) is 0 Å². The second-order valence-corrected chi connectivity index (χ2v) is 7.82. The Morgan fingerprint density at radius 1 is 0.968 bits per heavy atom. The van der Waals surface area contributed by atoms with Gasteiger partial charge in [-0.1, -0.05) is 38.3 Å². The fourth-order valence-corrected chi connectivity index (χ4v) is 3.05. The first-order valence-electron chi connectivity index (χ1n) is 11.0. The molecule has 0 aliphatic rings. The Labute approximate surface area is 186 Å². The van der Waals surface area contributed by atoms with Gasteiger partial charge in [0.2, 0.25) is 11.8 Å². The number of carbonyl (C=O) groups is 2. The fraction of sp³-hybridized carbons (Fsp3) is 0.440. The molecule has 0 unspecified atom stereocenters. The molecule has 168 valence electrons. The summed E-state index contributed by atoms with van der Waals surface area (Å²) in [7, 11) is 3.52. The first-order valence-corrected chi connectivity index (χ1v) is 11.0. The Kier molecular flexibility index (Phi) is 10.4. The predicted molar refractivity (Wildman–Crippen MR) is 127 cm³/mol. The van der Waals surface area contributed by atoms with E-state index < -0.39 is 0 Å². The van der Waals surface area contributed by atoms with Gasteiger partial charge in [0.1, 0.15) is 5.75 Å². The molecule has 0 heterocycles. The lowest BCUT2D eigenvalue weighted by Gasteiger charge is -2.11. The topological polar surface area (TPSA) is 70.7 Å². The van der Waals surface area contributed by atoms with E-state index in [1.807, 2.05) is 48.5 Å². The molecule has 2 amide bonds. The predicted octanol–water partition coefficient (Wildman–Crippen LogP) is 4.72. The third-order valence-electron chi connectivity index (χ3n) is 4.91. The van der Waals surface area contributed by atoms with Gasteiger partial charge in [0.25, 0.3) is 0 Å². The molecule has 2 rings (SSSR count). The number of hydrogen-bond donors (Lipinski definition) is 2. The number of unbranched alkanes of at least 4 members (excludes halogenated alkanes) is 3. The van der Waals surface area contributed by atoms with Crippen molar-refractivity contribution in [3.63, 3.8) is 0 Å². The van der Waals surface area contributed by atoms with Crippen LogP contribution >= 0.6 is 0 Å². The van der Waals surface area contributed by atoms with E-state index in [4.69, 9.17) is 4.74 Å². The molecule has 2 aromatic rings.